The van der Waals surface area contributed by atoms with Gasteiger partial charge in [-0.15, -0.1) is 0 Å². The van der Waals surface area contributed by atoms with Crippen molar-refractivity contribution in [2.24, 2.45) is 0 Å². The van der Waals surface area contributed by atoms with Crippen molar-refractivity contribution < 1.29 is 13.2 Å². The molecule has 1 heterocycles. The Hall–Kier alpha value is -2.66. The van der Waals surface area contributed by atoms with Gasteiger partial charge in [-0.05, 0) is 29.8 Å². The Bertz CT molecular complexity index is 944. The summed E-state index contributed by atoms with van der Waals surface area (Å²) in [5.74, 6) is 0.673. The van der Waals surface area contributed by atoms with Gasteiger partial charge in [0, 0.05) is 38.1 Å². The monoisotopic (exact) mass is 397 g/mol. The molecule has 6 nitrogen and oxygen atoms in total. The van der Waals surface area contributed by atoms with Crippen molar-refractivity contribution in [3.63, 3.8) is 0 Å². The highest BCUT2D eigenvalue weighted by Crippen LogP contribution is 2.14. The van der Waals surface area contributed by atoms with E-state index in [9.17, 15) is 8.42 Å². The van der Waals surface area contributed by atoms with Crippen molar-refractivity contribution in [2.75, 3.05) is 39.3 Å². The van der Waals surface area contributed by atoms with E-state index in [1.807, 2.05) is 36.4 Å². The fourth-order valence-electron chi connectivity index (χ4n) is 2.97. The molecule has 1 saturated heterocycles. The Morgan fingerprint density at radius 1 is 1.04 bits per heavy atom. The van der Waals surface area contributed by atoms with Gasteiger partial charge in [0.15, 0.2) is 0 Å². The fraction of sp³-hybridized carbons (Fsp3) is 0.286. The minimum Gasteiger partial charge on any atom is -0.492 e. The second-order valence-corrected chi connectivity index (χ2v) is 8.31. The smallest absolute Gasteiger partial charge is 0.236 e. The highest BCUT2D eigenvalue weighted by molar-refractivity contribution is 7.92. The van der Waals surface area contributed by atoms with Crippen LogP contribution in [0.25, 0.3) is 6.08 Å². The van der Waals surface area contributed by atoms with Crippen molar-refractivity contribution in [3.8, 4) is 11.8 Å². The molecular formula is C21H23N3O3S. The molecule has 7 heteroatoms. The summed E-state index contributed by atoms with van der Waals surface area (Å²) in [6, 6.07) is 18.5. The second kappa shape index (κ2) is 9.51. The SMILES string of the molecule is N#Cc1cccc(OCCN2CCN(S(=O)(=O)/C=C/c3ccccc3)CC2)c1. The molecule has 0 unspecified atom stereocenters. The molecule has 2 aromatic rings. The third kappa shape index (κ3) is 5.67. The summed E-state index contributed by atoms with van der Waals surface area (Å²) in [5.41, 5.74) is 1.43. The largest absolute Gasteiger partial charge is 0.492 e. The Balaban J connectivity index is 1.45. The molecule has 0 amide bonds. The van der Waals surface area contributed by atoms with Crippen LogP contribution in [0.2, 0.25) is 0 Å². The summed E-state index contributed by atoms with van der Waals surface area (Å²) in [4.78, 5) is 2.18. The van der Waals surface area contributed by atoms with E-state index in [2.05, 4.69) is 11.0 Å². The van der Waals surface area contributed by atoms with Gasteiger partial charge in [0.05, 0.1) is 11.6 Å². The Labute approximate surface area is 166 Å². The number of sulfonamides is 1. The molecule has 146 valence electrons. The number of hydrogen-bond donors (Lipinski definition) is 0. The second-order valence-electron chi connectivity index (χ2n) is 6.49. The van der Waals surface area contributed by atoms with Crippen molar-refractivity contribution in [1.29, 1.82) is 5.26 Å². The molecule has 2 aromatic carbocycles. The maximum Gasteiger partial charge on any atom is 0.236 e. The van der Waals surface area contributed by atoms with Gasteiger partial charge >= 0.3 is 0 Å². The Kier molecular flexibility index (Phi) is 6.82. The molecular weight excluding hydrogens is 374 g/mol. The molecule has 1 fully saturated rings. The fourth-order valence-corrected chi connectivity index (χ4v) is 4.14. The van der Waals surface area contributed by atoms with E-state index in [1.54, 1.807) is 24.3 Å². The van der Waals surface area contributed by atoms with Crippen molar-refractivity contribution in [3.05, 3.63) is 71.1 Å². The number of nitriles is 1. The molecule has 1 aliphatic heterocycles. The zero-order valence-corrected chi connectivity index (χ0v) is 16.4. The number of nitrogens with zero attached hydrogens (tertiary/aromatic N) is 3. The number of ether oxygens (including phenoxy) is 1. The highest BCUT2D eigenvalue weighted by atomic mass is 32.2. The number of piperazine rings is 1. The first-order valence-corrected chi connectivity index (χ1v) is 10.7. The lowest BCUT2D eigenvalue weighted by molar-refractivity contribution is 0.159. The van der Waals surface area contributed by atoms with Gasteiger partial charge in [-0.2, -0.15) is 9.57 Å². The van der Waals surface area contributed by atoms with Crippen LogP contribution in [0.4, 0.5) is 0 Å². The molecule has 0 aromatic heterocycles. The molecule has 1 aliphatic rings. The molecule has 3 rings (SSSR count). The van der Waals surface area contributed by atoms with E-state index in [0.717, 1.165) is 5.56 Å². The van der Waals surface area contributed by atoms with Crippen LogP contribution < -0.4 is 4.74 Å². The normalized spacial score (nSPS) is 16.1. The van der Waals surface area contributed by atoms with Gasteiger partial charge < -0.3 is 4.74 Å². The Morgan fingerprint density at radius 3 is 2.50 bits per heavy atom. The molecule has 28 heavy (non-hydrogen) atoms. The minimum absolute atomic E-state index is 0.464. The molecule has 0 bridgehead atoms. The quantitative estimate of drug-likeness (QED) is 0.718. The third-order valence-corrected chi connectivity index (χ3v) is 6.13. The van der Waals surface area contributed by atoms with E-state index in [1.165, 1.54) is 9.71 Å². The molecule has 0 saturated carbocycles. The van der Waals surface area contributed by atoms with E-state index < -0.39 is 10.0 Å². The summed E-state index contributed by atoms with van der Waals surface area (Å²) in [6.07, 6.45) is 1.63. The van der Waals surface area contributed by atoms with Gasteiger partial charge in [0.1, 0.15) is 12.4 Å². The maximum absolute atomic E-state index is 12.5. The van der Waals surface area contributed by atoms with E-state index in [-0.39, 0.29) is 0 Å². The Morgan fingerprint density at radius 2 is 1.79 bits per heavy atom. The van der Waals surface area contributed by atoms with E-state index in [0.29, 0.717) is 50.6 Å². The lowest BCUT2D eigenvalue weighted by Crippen LogP contribution is -2.48. The summed E-state index contributed by atoms with van der Waals surface area (Å²) < 4.78 is 32.2. The zero-order chi connectivity index (χ0) is 19.8. The number of hydrogen-bond acceptors (Lipinski definition) is 5. The van der Waals surface area contributed by atoms with Crippen LogP contribution in [0.1, 0.15) is 11.1 Å². The summed E-state index contributed by atoms with van der Waals surface area (Å²) in [7, 11) is -3.41. The van der Waals surface area contributed by atoms with Gasteiger partial charge in [-0.25, -0.2) is 8.42 Å². The number of benzene rings is 2. The van der Waals surface area contributed by atoms with Crippen molar-refractivity contribution >= 4 is 16.1 Å². The van der Waals surface area contributed by atoms with E-state index in [4.69, 9.17) is 10.00 Å². The van der Waals surface area contributed by atoms with Crippen LogP contribution in [-0.4, -0.2) is 57.0 Å². The summed E-state index contributed by atoms with van der Waals surface area (Å²) in [6.45, 7) is 3.47. The van der Waals surface area contributed by atoms with Crippen LogP contribution in [0, 0.1) is 11.3 Å². The average molecular weight is 398 g/mol. The van der Waals surface area contributed by atoms with Gasteiger partial charge in [0.25, 0.3) is 0 Å². The third-order valence-electron chi connectivity index (χ3n) is 4.56. The van der Waals surface area contributed by atoms with Crippen LogP contribution in [0.5, 0.6) is 5.75 Å². The molecule has 0 N–H and O–H groups in total. The van der Waals surface area contributed by atoms with Crippen molar-refractivity contribution in [1.82, 2.24) is 9.21 Å². The first kappa shape index (κ1) is 20.1. The average Bonchev–Trinajstić information content (AvgIpc) is 2.74. The predicted octanol–water partition coefficient (Wildman–Crippen LogP) is 2.56. The topological polar surface area (TPSA) is 73.6 Å². The van der Waals surface area contributed by atoms with Crippen LogP contribution >= 0.6 is 0 Å². The first-order valence-electron chi connectivity index (χ1n) is 9.15. The van der Waals surface area contributed by atoms with Crippen molar-refractivity contribution in [2.45, 2.75) is 0 Å². The standard InChI is InChI=1S/C21H23N3O3S/c22-18-20-7-4-8-21(17-20)27-15-14-23-10-12-24(13-11-23)28(25,26)16-9-19-5-2-1-3-6-19/h1-9,16-17H,10-15H2/b16-9+. The first-order chi connectivity index (χ1) is 13.6. The van der Waals surface area contributed by atoms with Gasteiger partial charge in [-0.1, -0.05) is 36.4 Å². The molecule has 0 radical (unpaired) electrons. The molecule has 0 spiro atoms. The van der Waals surface area contributed by atoms with Crippen LogP contribution in [-0.2, 0) is 10.0 Å². The molecule has 0 aliphatic carbocycles. The highest BCUT2D eigenvalue weighted by Gasteiger charge is 2.24. The molecule has 0 atom stereocenters. The summed E-state index contributed by atoms with van der Waals surface area (Å²) in [5, 5.41) is 10.2. The van der Waals surface area contributed by atoms with Gasteiger partial charge in [0.2, 0.25) is 10.0 Å². The number of rotatable bonds is 7. The summed E-state index contributed by atoms with van der Waals surface area (Å²) >= 11 is 0. The minimum atomic E-state index is -3.41. The van der Waals surface area contributed by atoms with Crippen LogP contribution in [0.15, 0.2) is 60.0 Å². The lowest BCUT2D eigenvalue weighted by atomic mass is 10.2. The van der Waals surface area contributed by atoms with Crippen LogP contribution in [0.3, 0.4) is 0 Å². The van der Waals surface area contributed by atoms with Gasteiger partial charge in [-0.3, -0.25) is 4.90 Å². The zero-order valence-electron chi connectivity index (χ0n) is 15.6. The lowest BCUT2D eigenvalue weighted by Gasteiger charge is -2.33. The van der Waals surface area contributed by atoms with E-state index >= 15 is 0 Å². The maximum atomic E-state index is 12.5. The predicted molar refractivity (Wildman–Crippen MR) is 109 cm³/mol.